The highest BCUT2D eigenvalue weighted by molar-refractivity contribution is 9.10. The number of nitrogens with zero attached hydrogens (tertiary/aromatic N) is 6. The van der Waals surface area contributed by atoms with Crippen LogP contribution in [-0.2, 0) is 15.8 Å². The van der Waals surface area contributed by atoms with Crippen LogP contribution in [0.2, 0.25) is 0 Å². The second-order valence-electron chi connectivity index (χ2n) is 12.3. The van der Waals surface area contributed by atoms with E-state index in [1.165, 1.54) is 0 Å². The van der Waals surface area contributed by atoms with E-state index in [0.29, 0.717) is 55.7 Å². The molecule has 4 heterocycles. The molecule has 0 bridgehead atoms. The second kappa shape index (κ2) is 13.7. The number of piperidine rings is 1. The minimum atomic E-state index is -2.75. The lowest BCUT2D eigenvalue weighted by Gasteiger charge is -2.47. The maximum absolute atomic E-state index is 13.4. The van der Waals surface area contributed by atoms with Crippen LogP contribution in [0, 0.1) is 0 Å². The van der Waals surface area contributed by atoms with Crippen molar-refractivity contribution < 1.29 is 18.8 Å². The Hall–Kier alpha value is -3.80. The lowest BCUT2D eigenvalue weighted by atomic mass is 10.0. The van der Waals surface area contributed by atoms with Crippen LogP contribution in [-0.4, -0.2) is 94.4 Å². The summed E-state index contributed by atoms with van der Waals surface area (Å²) in [7, 11) is -1.12. The van der Waals surface area contributed by atoms with Gasteiger partial charge in [-0.15, -0.1) is 0 Å². The molecule has 2 saturated heterocycles. The molecule has 14 heteroatoms. The number of halogens is 1. The number of aromatic nitrogens is 4. The highest BCUT2D eigenvalue weighted by atomic mass is 79.9. The Morgan fingerprint density at radius 1 is 1.04 bits per heavy atom. The number of rotatable bonds is 10. The molecule has 4 aromatic rings. The van der Waals surface area contributed by atoms with Gasteiger partial charge in [-0.1, -0.05) is 6.92 Å². The largest absolute Gasteiger partial charge is 0.494 e. The molecule has 2 N–H and O–H groups in total. The fourth-order valence-corrected chi connectivity index (χ4v) is 7.85. The Morgan fingerprint density at radius 3 is 2.47 bits per heavy atom. The Kier molecular flexibility index (Phi) is 9.68. The number of nitrogens with one attached hydrogen (secondary N) is 2. The first-order valence-electron chi connectivity index (χ1n) is 15.8. The van der Waals surface area contributed by atoms with Crippen molar-refractivity contribution >= 4 is 68.5 Å². The molecule has 6 rings (SSSR count). The van der Waals surface area contributed by atoms with Gasteiger partial charge in [-0.3, -0.25) is 19.7 Å². The van der Waals surface area contributed by atoms with Gasteiger partial charge in [-0.2, -0.15) is 4.98 Å². The van der Waals surface area contributed by atoms with E-state index in [1.54, 1.807) is 46.0 Å². The number of fused-ring (bicyclic) bond motifs is 1. The summed E-state index contributed by atoms with van der Waals surface area (Å²) in [5.74, 6) is 2.43. The zero-order chi connectivity index (χ0) is 33.3. The van der Waals surface area contributed by atoms with Crippen molar-refractivity contribution in [2.75, 3.05) is 57.3 Å². The second-order valence-corrected chi connectivity index (χ2v) is 16.3. The molecule has 248 valence electrons. The van der Waals surface area contributed by atoms with E-state index in [0.717, 1.165) is 56.8 Å². The molecule has 0 unspecified atom stereocenters. The van der Waals surface area contributed by atoms with Gasteiger partial charge < -0.3 is 29.6 Å². The van der Waals surface area contributed by atoms with Gasteiger partial charge in [0.15, 0.2) is 0 Å². The standard InChI is InChI=1S/C33H40BrN8O4P/c1-6-21-15-27(29(45-3)16-28(21)46-23-9-13-41(14-10-23)22-18-42(19-22)20(2)43)39-33-37-17-24(34)32(40-33)38-26-8-7-25-30(36-12-11-35-25)31(26)47(4,5)44/h7-8,11-12,15-17,22-23H,6,9-10,13-14,18-19H2,1-5H3,(H2,37,38,39,40). The van der Waals surface area contributed by atoms with Gasteiger partial charge in [0.05, 0.1) is 33.8 Å². The molecule has 2 aliphatic heterocycles. The number of benzene rings is 2. The molecule has 0 saturated carbocycles. The third kappa shape index (κ3) is 7.22. The zero-order valence-electron chi connectivity index (χ0n) is 27.3. The normalized spacial score (nSPS) is 16.2. The van der Waals surface area contributed by atoms with Crippen molar-refractivity contribution in [3.05, 3.63) is 52.9 Å². The molecule has 2 fully saturated rings. The number of likely N-dealkylation sites (tertiary alicyclic amines) is 2. The van der Waals surface area contributed by atoms with Crippen LogP contribution < -0.4 is 25.4 Å². The molecule has 0 spiro atoms. The predicted molar refractivity (Wildman–Crippen MR) is 189 cm³/mol. The first kappa shape index (κ1) is 33.1. The summed E-state index contributed by atoms with van der Waals surface area (Å²) in [4.78, 5) is 34.0. The Bertz CT molecular complexity index is 1840. The average molecular weight is 724 g/mol. The molecule has 2 aliphatic rings. The highest BCUT2D eigenvalue weighted by Crippen LogP contribution is 2.42. The lowest BCUT2D eigenvalue weighted by Crippen LogP contribution is -2.62. The number of methoxy groups -OCH3 is 1. The minimum Gasteiger partial charge on any atom is -0.494 e. The highest BCUT2D eigenvalue weighted by Gasteiger charge is 2.35. The number of carbonyl (C=O) groups is 1. The van der Waals surface area contributed by atoms with Crippen LogP contribution >= 0.6 is 23.1 Å². The number of carbonyl (C=O) groups excluding carboxylic acids is 1. The Morgan fingerprint density at radius 2 is 1.79 bits per heavy atom. The van der Waals surface area contributed by atoms with E-state index in [4.69, 9.17) is 14.5 Å². The van der Waals surface area contributed by atoms with E-state index in [9.17, 15) is 9.36 Å². The summed E-state index contributed by atoms with van der Waals surface area (Å²) in [6.07, 6.45) is 7.63. The number of amides is 1. The fourth-order valence-electron chi connectivity index (χ4n) is 6.17. The van der Waals surface area contributed by atoms with E-state index >= 15 is 0 Å². The Labute approximate surface area is 283 Å². The molecular weight excluding hydrogens is 683 g/mol. The van der Waals surface area contributed by atoms with Crippen molar-refractivity contribution in [3.63, 3.8) is 0 Å². The van der Waals surface area contributed by atoms with E-state index in [2.05, 4.69) is 53.3 Å². The molecule has 0 radical (unpaired) electrons. The summed E-state index contributed by atoms with van der Waals surface area (Å²) >= 11 is 3.56. The first-order chi connectivity index (χ1) is 22.5. The van der Waals surface area contributed by atoms with Crippen LogP contribution in [0.3, 0.4) is 0 Å². The van der Waals surface area contributed by atoms with E-state index < -0.39 is 7.14 Å². The van der Waals surface area contributed by atoms with Gasteiger partial charge in [0.25, 0.3) is 0 Å². The number of aryl methyl sites for hydroxylation is 1. The molecular formula is C33H40BrN8O4P. The van der Waals surface area contributed by atoms with Crippen molar-refractivity contribution in [2.24, 2.45) is 0 Å². The van der Waals surface area contributed by atoms with Crippen molar-refractivity contribution in [3.8, 4) is 11.5 Å². The van der Waals surface area contributed by atoms with E-state index in [-0.39, 0.29) is 12.0 Å². The van der Waals surface area contributed by atoms with Gasteiger partial charge >= 0.3 is 0 Å². The first-order valence-corrected chi connectivity index (χ1v) is 19.2. The third-order valence-electron chi connectivity index (χ3n) is 8.75. The van der Waals surface area contributed by atoms with Crippen LogP contribution in [0.1, 0.15) is 32.3 Å². The molecule has 2 aromatic heterocycles. The SMILES string of the molecule is CCc1cc(Nc2ncc(Br)c(Nc3ccc4nccnc4c3P(C)(C)=O)n2)c(OC)cc1OC1CCN(C2CN(C(C)=O)C2)CC1. The van der Waals surface area contributed by atoms with Crippen LogP contribution in [0.5, 0.6) is 11.5 Å². The topological polar surface area (TPSA) is 135 Å². The van der Waals surface area contributed by atoms with Crippen LogP contribution in [0.15, 0.2) is 47.3 Å². The smallest absolute Gasteiger partial charge is 0.229 e. The monoisotopic (exact) mass is 722 g/mol. The summed E-state index contributed by atoms with van der Waals surface area (Å²) in [5, 5.41) is 7.28. The minimum absolute atomic E-state index is 0.111. The molecule has 0 aliphatic carbocycles. The number of hydrogen-bond donors (Lipinski definition) is 2. The maximum Gasteiger partial charge on any atom is 0.229 e. The number of anilines is 4. The molecule has 12 nitrogen and oxygen atoms in total. The zero-order valence-corrected chi connectivity index (χ0v) is 29.8. The summed E-state index contributed by atoms with van der Waals surface area (Å²) in [6, 6.07) is 8.11. The van der Waals surface area contributed by atoms with E-state index in [1.807, 2.05) is 29.2 Å². The maximum atomic E-state index is 13.4. The van der Waals surface area contributed by atoms with Crippen LogP contribution in [0.4, 0.5) is 23.1 Å². The summed E-state index contributed by atoms with van der Waals surface area (Å²) < 4.78 is 26.4. The van der Waals surface area contributed by atoms with Crippen molar-refractivity contribution in [1.82, 2.24) is 29.7 Å². The number of ether oxygens (including phenoxy) is 2. The van der Waals surface area contributed by atoms with Gasteiger partial charge in [0, 0.05) is 63.8 Å². The molecule has 47 heavy (non-hydrogen) atoms. The molecule has 2 aromatic carbocycles. The summed E-state index contributed by atoms with van der Waals surface area (Å²) in [5.41, 5.74) is 3.67. The molecule has 1 amide bonds. The van der Waals surface area contributed by atoms with Crippen molar-refractivity contribution in [2.45, 2.75) is 45.3 Å². The van der Waals surface area contributed by atoms with Gasteiger partial charge in [0.1, 0.15) is 36.1 Å². The number of hydrogen-bond acceptors (Lipinski definition) is 11. The summed E-state index contributed by atoms with van der Waals surface area (Å²) in [6.45, 7) is 10.7. The molecule has 0 atom stereocenters. The lowest BCUT2D eigenvalue weighted by molar-refractivity contribution is -0.136. The fraction of sp³-hybridized carbons (Fsp3) is 0.424. The van der Waals surface area contributed by atoms with Gasteiger partial charge in [-0.05, 0) is 72.3 Å². The van der Waals surface area contributed by atoms with Crippen LogP contribution in [0.25, 0.3) is 11.0 Å². The Balaban J connectivity index is 1.18. The van der Waals surface area contributed by atoms with Gasteiger partial charge in [-0.25, -0.2) is 4.98 Å². The average Bonchev–Trinajstić information content (AvgIpc) is 3.02. The van der Waals surface area contributed by atoms with Gasteiger partial charge in [0.2, 0.25) is 11.9 Å². The quantitative estimate of drug-likeness (QED) is 0.199. The third-order valence-corrected chi connectivity index (χ3v) is 10.9. The van der Waals surface area contributed by atoms with Crippen molar-refractivity contribution in [1.29, 1.82) is 0 Å². The predicted octanol–water partition coefficient (Wildman–Crippen LogP) is 5.56.